The summed E-state index contributed by atoms with van der Waals surface area (Å²) in [4.78, 5) is 16.2. The van der Waals surface area contributed by atoms with E-state index in [-0.39, 0.29) is 16.5 Å². The summed E-state index contributed by atoms with van der Waals surface area (Å²) in [6.07, 6.45) is 0. The zero-order valence-corrected chi connectivity index (χ0v) is 12.6. The molecule has 0 bridgehead atoms. The molecule has 2 aromatic heterocycles. The van der Waals surface area contributed by atoms with Crippen LogP contribution >= 0.6 is 0 Å². The highest BCUT2D eigenvalue weighted by Crippen LogP contribution is 2.35. The molecule has 2 aromatic carbocycles. The number of aromatic amines is 2. The molecule has 4 rings (SSSR count). The van der Waals surface area contributed by atoms with Gasteiger partial charge in [-0.2, -0.15) is 0 Å². The Morgan fingerprint density at radius 2 is 1.75 bits per heavy atom. The van der Waals surface area contributed by atoms with Gasteiger partial charge in [-0.25, -0.2) is 13.8 Å². The number of nitrogens with one attached hydrogen (secondary N) is 2. The van der Waals surface area contributed by atoms with Gasteiger partial charge in [0.25, 0.3) is 0 Å². The van der Waals surface area contributed by atoms with E-state index in [0.29, 0.717) is 34.0 Å². The third-order valence-corrected chi connectivity index (χ3v) is 4.06. The molecule has 0 radical (unpaired) electrons. The maximum Gasteiger partial charge on any atom is 0.217 e. The van der Waals surface area contributed by atoms with Crippen LogP contribution < -0.4 is 11.2 Å². The standard InChI is InChI=1S/C17H12F2N4O/c1-7-12-14-13(10(18)6-11(24)15(14)19)16(21-17(12)23-22-7)8-2-4-9(20)5-3-8/h2-6H,20H2,1H3,(H2,21,22,23). The molecular formula is C17H12F2N4O. The number of hydrogen-bond donors (Lipinski definition) is 3. The largest absolute Gasteiger partial charge is 0.399 e. The molecule has 24 heavy (non-hydrogen) atoms. The third-order valence-electron chi connectivity index (χ3n) is 4.06. The maximum absolute atomic E-state index is 14.6. The van der Waals surface area contributed by atoms with E-state index in [9.17, 15) is 13.6 Å². The van der Waals surface area contributed by atoms with Gasteiger partial charge in [-0.15, -0.1) is 0 Å². The van der Waals surface area contributed by atoms with Crippen LogP contribution in [0, 0.1) is 18.6 Å². The van der Waals surface area contributed by atoms with E-state index in [1.54, 1.807) is 31.2 Å². The lowest BCUT2D eigenvalue weighted by atomic mass is 10.00. The molecule has 0 saturated heterocycles. The van der Waals surface area contributed by atoms with Crippen molar-refractivity contribution in [3.8, 4) is 11.3 Å². The maximum atomic E-state index is 14.6. The van der Waals surface area contributed by atoms with Gasteiger partial charge < -0.3 is 10.8 Å². The molecule has 120 valence electrons. The lowest BCUT2D eigenvalue weighted by Crippen LogP contribution is -2.08. The Labute approximate surface area is 134 Å². The normalized spacial score (nSPS) is 11.5. The smallest absolute Gasteiger partial charge is 0.217 e. The number of nitrogens with two attached hydrogens (primary N) is 1. The van der Waals surface area contributed by atoms with Crippen LogP contribution in [0.1, 0.15) is 5.69 Å². The average molecular weight is 326 g/mol. The second kappa shape index (κ2) is 4.89. The Kier molecular flexibility index (Phi) is 2.93. The number of anilines is 1. The zero-order valence-electron chi connectivity index (χ0n) is 12.6. The van der Waals surface area contributed by atoms with Crippen LogP contribution in [0.2, 0.25) is 0 Å². The number of pyridine rings is 1. The van der Waals surface area contributed by atoms with Gasteiger partial charge in [-0.1, -0.05) is 12.1 Å². The Bertz CT molecular complexity index is 1160. The van der Waals surface area contributed by atoms with Crippen LogP contribution in [-0.4, -0.2) is 15.2 Å². The number of nitrogen functional groups attached to an aromatic ring is 1. The van der Waals surface area contributed by atoms with Crippen molar-refractivity contribution < 1.29 is 8.78 Å². The quantitative estimate of drug-likeness (QED) is 0.469. The number of benzene rings is 2. The number of rotatable bonds is 1. The minimum Gasteiger partial charge on any atom is -0.399 e. The molecule has 0 fully saturated rings. The highest BCUT2D eigenvalue weighted by atomic mass is 19.1. The fourth-order valence-corrected chi connectivity index (χ4v) is 2.93. The van der Waals surface area contributed by atoms with Crippen LogP contribution in [0.25, 0.3) is 33.1 Å². The Hall–Kier alpha value is -3.22. The minimum atomic E-state index is -0.994. The first-order valence-corrected chi connectivity index (χ1v) is 7.22. The Balaban J connectivity index is 2.27. The third kappa shape index (κ3) is 1.91. The van der Waals surface area contributed by atoms with E-state index in [0.717, 1.165) is 0 Å². The molecule has 5 nitrogen and oxygen atoms in total. The second-order valence-electron chi connectivity index (χ2n) is 5.60. The molecule has 2 heterocycles. The molecule has 0 aliphatic rings. The van der Waals surface area contributed by atoms with Gasteiger partial charge in [0, 0.05) is 33.8 Å². The highest BCUT2D eigenvalue weighted by molar-refractivity contribution is 6.11. The van der Waals surface area contributed by atoms with Crippen molar-refractivity contribution in [2.45, 2.75) is 6.92 Å². The van der Waals surface area contributed by atoms with Crippen molar-refractivity contribution in [1.82, 2.24) is 15.2 Å². The molecule has 4 aromatic rings. The van der Waals surface area contributed by atoms with Crippen LogP contribution in [0.3, 0.4) is 0 Å². The van der Waals surface area contributed by atoms with Crippen molar-refractivity contribution >= 4 is 27.5 Å². The fraction of sp³-hybridized carbons (Fsp3) is 0.0588. The summed E-state index contributed by atoms with van der Waals surface area (Å²) in [5.74, 6) is -1.80. The first-order chi connectivity index (χ1) is 11.5. The molecule has 0 amide bonds. The van der Waals surface area contributed by atoms with Gasteiger partial charge >= 0.3 is 0 Å². The zero-order chi connectivity index (χ0) is 17.0. The number of fused-ring (bicyclic) bond motifs is 3. The van der Waals surface area contributed by atoms with Gasteiger partial charge in [0.2, 0.25) is 5.43 Å². The summed E-state index contributed by atoms with van der Waals surface area (Å²) in [5, 5.41) is 5.89. The van der Waals surface area contributed by atoms with Crippen LogP contribution in [0.5, 0.6) is 0 Å². The molecule has 0 atom stereocenters. The van der Waals surface area contributed by atoms with Crippen LogP contribution in [-0.2, 0) is 0 Å². The molecule has 0 aliphatic carbocycles. The molecule has 4 N–H and O–H groups in total. The summed E-state index contributed by atoms with van der Waals surface area (Å²) in [6.45, 7) is 1.69. The summed E-state index contributed by atoms with van der Waals surface area (Å²) < 4.78 is 29.1. The SMILES string of the molecule is Cc1[nH][nH]c2nc(-c3ccc(N)cc3)c3c(F)cc(=O)c(F)c3c12. The fourth-order valence-electron chi connectivity index (χ4n) is 2.93. The van der Waals surface area contributed by atoms with Crippen molar-refractivity contribution in [3.05, 3.63) is 57.9 Å². The Morgan fingerprint density at radius 1 is 1.04 bits per heavy atom. The van der Waals surface area contributed by atoms with Crippen molar-refractivity contribution in [2.24, 2.45) is 0 Å². The molecular weight excluding hydrogens is 314 g/mol. The first-order valence-electron chi connectivity index (χ1n) is 7.22. The topological polar surface area (TPSA) is 87.6 Å². The number of hydrogen-bond acceptors (Lipinski definition) is 3. The van der Waals surface area contributed by atoms with E-state index in [4.69, 9.17) is 5.73 Å². The van der Waals surface area contributed by atoms with E-state index >= 15 is 0 Å². The van der Waals surface area contributed by atoms with Crippen LogP contribution in [0.4, 0.5) is 14.5 Å². The minimum absolute atomic E-state index is 0.0273. The first kappa shape index (κ1) is 14.4. The highest BCUT2D eigenvalue weighted by Gasteiger charge is 2.21. The predicted molar refractivity (Wildman–Crippen MR) is 88.7 cm³/mol. The van der Waals surface area contributed by atoms with Gasteiger partial charge in [-0.3, -0.25) is 9.89 Å². The van der Waals surface area contributed by atoms with Gasteiger partial charge in [0.15, 0.2) is 11.5 Å². The summed E-state index contributed by atoms with van der Waals surface area (Å²) in [7, 11) is 0. The van der Waals surface area contributed by atoms with Gasteiger partial charge in [0.05, 0.1) is 11.1 Å². The van der Waals surface area contributed by atoms with Gasteiger partial charge in [-0.05, 0) is 19.1 Å². The van der Waals surface area contributed by atoms with Crippen molar-refractivity contribution in [3.63, 3.8) is 0 Å². The summed E-state index contributed by atoms with van der Waals surface area (Å²) in [5.41, 5.74) is 6.95. The lowest BCUT2D eigenvalue weighted by Gasteiger charge is -2.09. The van der Waals surface area contributed by atoms with E-state index < -0.39 is 17.1 Å². The second-order valence-corrected chi connectivity index (χ2v) is 5.60. The molecule has 0 spiro atoms. The number of halogens is 2. The molecule has 0 aliphatic heterocycles. The lowest BCUT2D eigenvalue weighted by molar-refractivity contribution is 0.609. The monoisotopic (exact) mass is 326 g/mol. The van der Waals surface area contributed by atoms with E-state index in [2.05, 4.69) is 15.2 Å². The predicted octanol–water partition coefficient (Wildman–Crippen LogP) is 3.24. The molecule has 0 unspecified atom stereocenters. The average Bonchev–Trinajstić information content (AvgIpc) is 2.93. The van der Waals surface area contributed by atoms with Gasteiger partial charge in [0.1, 0.15) is 5.82 Å². The Morgan fingerprint density at radius 3 is 2.46 bits per heavy atom. The molecule has 0 saturated carbocycles. The summed E-state index contributed by atoms with van der Waals surface area (Å²) >= 11 is 0. The molecule has 7 heteroatoms. The number of nitrogens with zero attached hydrogens (tertiary/aromatic N) is 1. The van der Waals surface area contributed by atoms with Crippen molar-refractivity contribution in [1.29, 1.82) is 0 Å². The van der Waals surface area contributed by atoms with E-state index in [1.807, 2.05) is 0 Å². The summed E-state index contributed by atoms with van der Waals surface area (Å²) in [6, 6.07) is 7.29. The number of H-pyrrole nitrogens is 2. The number of aromatic nitrogens is 3. The number of aryl methyl sites for hydroxylation is 1. The van der Waals surface area contributed by atoms with Crippen LogP contribution in [0.15, 0.2) is 35.1 Å². The van der Waals surface area contributed by atoms with Crippen molar-refractivity contribution in [2.75, 3.05) is 5.73 Å². The van der Waals surface area contributed by atoms with E-state index in [1.165, 1.54) is 0 Å².